The van der Waals surface area contributed by atoms with Crippen LogP contribution in [-0.4, -0.2) is 179 Å². The molecule has 55 heavy (non-hydrogen) atoms. The Balaban J connectivity index is 1.43. The van der Waals surface area contributed by atoms with Gasteiger partial charge in [-0.15, -0.1) is 0 Å². The maximum absolute atomic E-state index is 13.3. The maximum atomic E-state index is 13.3. The van der Waals surface area contributed by atoms with Gasteiger partial charge in [0.25, 0.3) is 0 Å². The van der Waals surface area contributed by atoms with Crippen molar-refractivity contribution < 1.29 is 99.2 Å². The van der Waals surface area contributed by atoms with Gasteiger partial charge in [0, 0.05) is 6.08 Å². The zero-order chi connectivity index (χ0) is 40.1. The van der Waals surface area contributed by atoms with Gasteiger partial charge in [0.05, 0.1) is 25.9 Å². The summed E-state index contributed by atoms with van der Waals surface area (Å²) in [5.74, 6) is -2.71. The Kier molecular flexibility index (Phi) is 14.3. The van der Waals surface area contributed by atoms with Crippen LogP contribution in [0, 0.1) is 0 Å². The molecular weight excluding hydrogens is 740 g/mol. The highest BCUT2D eigenvalue weighted by Gasteiger charge is 2.53. The van der Waals surface area contributed by atoms with E-state index in [0.29, 0.717) is 5.56 Å². The van der Waals surface area contributed by atoms with Crippen molar-refractivity contribution in [3.05, 3.63) is 53.6 Å². The molecular formula is C35H46O20. The van der Waals surface area contributed by atoms with E-state index >= 15 is 0 Å². The number of carbonyl (C=O) groups is 1. The van der Waals surface area contributed by atoms with E-state index in [1.54, 1.807) is 0 Å². The smallest absolute Gasteiger partial charge is 0.331 e. The van der Waals surface area contributed by atoms with Gasteiger partial charge in [-0.2, -0.15) is 0 Å². The van der Waals surface area contributed by atoms with Gasteiger partial charge in [-0.05, 0) is 54.8 Å². The first-order valence-electron chi connectivity index (χ1n) is 17.2. The highest BCUT2D eigenvalue weighted by atomic mass is 16.8. The zero-order valence-corrected chi connectivity index (χ0v) is 29.2. The quantitative estimate of drug-likeness (QED) is 0.0541. The molecule has 0 spiro atoms. The van der Waals surface area contributed by atoms with Gasteiger partial charge in [-0.1, -0.05) is 12.1 Å². The van der Waals surface area contributed by atoms with Gasteiger partial charge in [-0.3, -0.25) is 0 Å². The molecule has 2 aromatic rings. The molecule has 12 N–H and O–H groups in total. The lowest BCUT2D eigenvalue weighted by Gasteiger charge is -2.47. The number of esters is 1. The molecule has 20 heteroatoms. The molecule has 3 saturated heterocycles. The number of aliphatic hydroxyl groups excluding tert-OH is 8. The predicted molar refractivity (Wildman–Crippen MR) is 180 cm³/mol. The van der Waals surface area contributed by atoms with E-state index in [4.69, 9.17) is 33.2 Å². The predicted octanol–water partition coefficient (Wildman–Crippen LogP) is -3.19. The number of phenols is 4. The number of aromatic hydroxyl groups is 4. The summed E-state index contributed by atoms with van der Waals surface area (Å²) in [6.07, 6.45) is -22.6. The fourth-order valence-corrected chi connectivity index (χ4v) is 6.14. The van der Waals surface area contributed by atoms with E-state index in [9.17, 15) is 66.1 Å². The van der Waals surface area contributed by atoms with Gasteiger partial charge in [0.1, 0.15) is 61.0 Å². The lowest BCUT2D eigenvalue weighted by Crippen LogP contribution is -2.65. The van der Waals surface area contributed by atoms with Crippen molar-refractivity contribution in [2.24, 2.45) is 0 Å². The van der Waals surface area contributed by atoms with Crippen LogP contribution in [0.4, 0.5) is 0 Å². The first-order valence-corrected chi connectivity index (χ1v) is 17.2. The van der Waals surface area contributed by atoms with Crippen LogP contribution in [-0.2, 0) is 44.4 Å². The molecule has 3 aliphatic rings. The molecule has 3 fully saturated rings. The van der Waals surface area contributed by atoms with Crippen molar-refractivity contribution in [1.82, 2.24) is 0 Å². The van der Waals surface area contributed by atoms with Crippen LogP contribution in [0.3, 0.4) is 0 Å². The normalized spacial score (nSPS) is 36.9. The third-order valence-corrected chi connectivity index (χ3v) is 9.36. The Morgan fingerprint density at radius 2 is 1.29 bits per heavy atom. The van der Waals surface area contributed by atoms with Gasteiger partial charge in [0.2, 0.25) is 0 Å². The molecule has 0 bridgehead atoms. The van der Waals surface area contributed by atoms with Crippen LogP contribution in [0.2, 0.25) is 0 Å². The average molecular weight is 787 g/mol. The van der Waals surface area contributed by atoms with Gasteiger partial charge < -0.3 is 94.4 Å². The fraction of sp³-hybridized carbons (Fsp3) is 0.571. The maximum Gasteiger partial charge on any atom is 0.331 e. The van der Waals surface area contributed by atoms with Crippen LogP contribution in [0.25, 0.3) is 6.08 Å². The summed E-state index contributed by atoms with van der Waals surface area (Å²) in [7, 11) is 0. The number of aliphatic hydroxyl groups is 8. The third-order valence-electron chi connectivity index (χ3n) is 9.36. The molecule has 0 aromatic heterocycles. The van der Waals surface area contributed by atoms with Gasteiger partial charge in [-0.25, -0.2) is 4.79 Å². The monoisotopic (exact) mass is 786 g/mol. The second-order valence-corrected chi connectivity index (χ2v) is 13.3. The topological polar surface area (TPSA) is 324 Å². The Bertz CT molecular complexity index is 1610. The summed E-state index contributed by atoms with van der Waals surface area (Å²) in [5, 5.41) is 123. The lowest BCUT2D eigenvalue weighted by atomic mass is 9.96. The molecule has 306 valence electrons. The number of carbonyl (C=O) groups excluding carboxylic acids is 1. The SMILES string of the molecule is CC1OC(OC2C(O)C(OCCc3ccc(O)c(O)c3)OC(COC3OC(CO)C(O)C(O)C3O)C2OC(=O)/C=C/c2ccc(O)c(O)c2)C(O)C(O)C1O. The van der Waals surface area contributed by atoms with Gasteiger partial charge >= 0.3 is 5.97 Å². The first-order chi connectivity index (χ1) is 26.1. The molecule has 0 radical (unpaired) electrons. The summed E-state index contributed by atoms with van der Waals surface area (Å²) in [6.45, 7) is -0.254. The second-order valence-electron chi connectivity index (χ2n) is 13.3. The molecule has 15 unspecified atom stereocenters. The van der Waals surface area contributed by atoms with E-state index < -0.39 is 123 Å². The van der Waals surface area contributed by atoms with Crippen LogP contribution in [0.1, 0.15) is 18.1 Å². The summed E-state index contributed by atoms with van der Waals surface area (Å²) < 4.78 is 40.2. The number of hydrogen-bond donors (Lipinski definition) is 12. The summed E-state index contributed by atoms with van der Waals surface area (Å²) >= 11 is 0. The summed E-state index contributed by atoms with van der Waals surface area (Å²) in [5.41, 5.74) is 0.773. The van der Waals surface area contributed by atoms with Gasteiger partial charge in [0.15, 0.2) is 48.0 Å². The largest absolute Gasteiger partial charge is 0.504 e. The van der Waals surface area contributed by atoms with Crippen LogP contribution < -0.4 is 0 Å². The molecule has 5 rings (SSSR count). The first kappa shape index (κ1) is 42.4. The second kappa shape index (κ2) is 18.5. The average Bonchev–Trinajstić information content (AvgIpc) is 3.16. The molecule has 0 aliphatic carbocycles. The number of benzene rings is 2. The number of phenolic OH excluding ortho intramolecular Hbond substituents is 4. The molecule has 20 nitrogen and oxygen atoms in total. The molecule has 0 saturated carbocycles. The standard InChI is InChI=1S/C35H46O20/c1-14-24(42)26(44)29(47)35(51-14)55-32-30(48)34(49-9-8-16-3-6-18(38)20(40)11-16)53-22(13-50-33-28(46)27(45)25(43)21(12-36)52-33)31(32)54-23(41)7-4-15-2-5-17(37)19(39)10-15/h2-7,10-11,14,21-22,24-40,42-48H,8-9,12-13H2,1H3/b7-4+. The third kappa shape index (κ3) is 10.0. The lowest BCUT2D eigenvalue weighted by molar-refractivity contribution is -0.364. The highest BCUT2D eigenvalue weighted by Crippen LogP contribution is 2.33. The van der Waals surface area contributed by atoms with E-state index in [-0.39, 0.29) is 30.1 Å². The minimum absolute atomic E-state index is 0.111. The summed E-state index contributed by atoms with van der Waals surface area (Å²) in [6, 6.07) is 7.75. The fourth-order valence-electron chi connectivity index (χ4n) is 6.14. The molecule has 3 aliphatic heterocycles. The van der Waals surface area contributed by atoms with Crippen molar-refractivity contribution in [2.45, 2.75) is 105 Å². The summed E-state index contributed by atoms with van der Waals surface area (Å²) in [4.78, 5) is 13.3. The van der Waals surface area contributed by atoms with Crippen molar-refractivity contribution in [3.8, 4) is 23.0 Å². The Hall–Kier alpha value is -3.71. The minimum atomic E-state index is -1.88. The number of rotatable bonds is 13. The van der Waals surface area contributed by atoms with E-state index in [1.165, 1.54) is 43.3 Å². The van der Waals surface area contributed by atoms with Crippen molar-refractivity contribution >= 4 is 12.0 Å². The van der Waals surface area contributed by atoms with E-state index in [2.05, 4.69) is 0 Å². The molecule has 2 aromatic carbocycles. The Morgan fingerprint density at radius 1 is 0.673 bits per heavy atom. The zero-order valence-electron chi connectivity index (χ0n) is 29.2. The molecule has 3 heterocycles. The van der Waals surface area contributed by atoms with Crippen LogP contribution >= 0.6 is 0 Å². The number of ether oxygens (including phenoxy) is 7. The highest BCUT2D eigenvalue weighted by molar-refractivity contribution is 5.87. The van der Waals surface area contributed by atoms with E-state index in [0.717, 1.165) is 12.1 Å². The number of hydrogen-bond acceptors (Lipinski definition) is 20. The Labute approximate surface area is 313 Å². The van der Waals surface area contributed by atoms with Crippen LogP contribution in [0.5, 0.6) is 23.0 Å². The van der Waals surface area contributed by atoms with Crippen LogP contribution in [0.15, 0.2) is 42.5 Å². The molecule has 0 amide bonds. The van der Waals surface area contributed by atoms with E-state index in [1.807, 2.05) is 0 Å². The minimum Gasteiger partial charge on any atom is -0.504 e. The van der Waals surface area contributed by atoms with Crippen molar-refractivity contribution in [3.63, 3.8) is 0 Å². The Morgan fingerprint density at radius 3 is 1.96 bits per heavy atom. The molecule has 15 atom stereocenters. The van der Waals surface area contributed by atoms with Crippen molar-refractivity contribution in [1.29, 1.82) is 0 Å². The van der Waals surface area contributed by atoms with Crippen molar-refractivity contribution in [2.75, 3.05) is 19.8 Å².